The second kappa shape index (κ2) is 5.48. The Morgan fingerprint density at radius 2 is 2.25 bits per heavy atom. The van der Waals surface area contributed by atoms with Crippen LogP contribution in [0.25, 0.3) is 0 Å². The van der Waals surface area contributed by atoms with Crippen LogP contribution >= 0.6 is 0 Å². The largest absolute Gasteiger partial charge is 0.481 e. The van der Waals surface area contributed by atoms with Gasteiger partial charge in [-0.1, -0.05) is 6.92 Å². The van der Waals surface area contributed by atoms with Gasteiger partial charge in [0.25, 0.3) is 5.91 Å². The first-order valence-electron chi connectivity index (χ1n) is 6.55. The van der Waals surface area contributed by atoms with Crippen LogP contribution in [0.1, 0.15) is 30.1 Å². The van der Waals surface area contributed by atoms with Gasteiger partial charge in [-0.25, -0.2) is 4.98 Å². The zero-order valence-electron chi connectivity index (χ0n) is 11.6. The molecule has 0 bridgehead atoms. The second-order valence-electron chi connectivity index (χ2n) is 5.00. The molecule has 0 radical (unpaired) electrons. The molecule has 20 heavy (non-hydrogen) atoms. The number of aliphatic carboxylic acids is 1. The fourth-order valence-corrected chi connectivity index (χ4v) is 2.47. The predicted octanol–water partition coefficient (Wildman–Crippen LogP) is 1.42. The normalized spacial score (nSPS) is 21.8. The van der Waals surface area contributed by atoms with Crippen LogP contribution in [-0.4, -0.2) is 47.1 Å². The molecule has 0 aliphatic carbocycles. The summed E-state index contributed by atoms with van der Waals surface area (Å²) in [5, 5.41) is 9.34. The summed E-state index contributed by atoms with van der Waals surface area (Å²) in [5.41, 5.74) is -0.363. The third kappa shape index (κ3) is 2.45. The number of methoxy groups -OCH3 is 1. The van der Waals surface area contributed by atoms with E-state index in [1.165, 1.54) is 13.3 Å². The van der Waals surface area contributed by atoms with Gasteiger partial charge in [-0.05, 0) is 18.9 Å². The number of carbonyl (C=O) groups is 2. The van der Waals surface area contributed by atoms with Gasteiger partial charge in [0.2, 0.25) is 5.88 Å². The van der Waals surface area contributed by atoms with Gasteiger partial charge in [0.15, 0.2) is 0 Å². The Morgan fingerprint density at radius 1 is 1.50 bits per heavy atom. The first-order chi connectivity index (χ1) is 9.52. The van der Waals surface area contributed by atoms with Crippen molar-refractivity contribution in [3.05, 3.63) is 23.9 Å². The number of nitrogens with zero attached hydrogens (tertiary/aromatic N) is 2. The minimum Gasteiger partial charge on any atom is -0.481 e. The van der Waals surface area contributed by atoms with Crippen molar-refractivity contribution in [1.82, 2.24) is 9.88 Å². The molecule has 1 aliphatic heterocycles. The number of carboxylic acids is 1. The van der Waals surface area contributed by atoms with Gasteiger partial charge in [-0.3, -0.25) is 9.59 Å². The lowest BCUT2D eigenvalue weighted by Crippen LogP contribution is -2.36. The van der Waals surface area contributed by atoms with Gasteiger partial charge in [0, 0.05) is 25.4 Å². The molecule has 1 aliphatic rings. The van der Waals surface area contributed by atoms with Crippen molar-refractivity contribution in [1.29, 1.82) is 0 Å². The summed E-state index contributed by atoms with van der Waals surface area (Å²) in [6.45, 7) is 2.56. The molecule has 2 rings (SSSR count). The molecule has 6 nitrogen and oxygen atoms in total. The Labute approximate surface area is 117 Å². The van der Waals surface area contributed by atoms with E-state index in [0.29, 0.717) is 30.8 Å². The minimum atomic E-state index is -0.830. The number of rotatable bonds is 4. The van der Waals surface area contributed by atoms with E-state index >= 15 is 0 Å². The monoisotopic (exact) mass is 278 g/mol. The Morgan fingerprint density at radius 3 is 2.70 bits per heavy atom. The van der Waals surface area contributed by atoms with E-state index in [0.717, 1.165) is 0 Å². The number of hydrogen-bond donors (Lipinski definition) is 1. The van der Waals surface area contributed by atoms with Crippen LogP contribution in [0.2, 0.25) is 0 Å². The summed E-state index contributed by atoms with van der Waals surface area (Å²) in [6, 6.07) is 3.26. The van der Waals surface area contributed by atoms with Gasteiger partial charge >= 0.3 is 5.97 Å². The Kier molecular flexibility index (Phi) is 3.92. The summed E-state index contributed by atoms with van der Waals surface area (Å²) in [6.07, 6.45) is 2.47. The predicted molar refractivity (Wildman–Crippen MR) is 71.7 cm³/mol. The number of carboxylic acid groups (broad SMARTS) is 1. The van der Waals surface area contributed by atoms with Gasteiger partial charge in [-0.2, -0.15) is 0 Å². The first-order valence-corrected chi connectivity index (χ1v) is 6.55. The highest BCUT2D eigenvalue weighted by molar-refractivity contribution is 5.94. The number of hydrogen-bond acceptors (Lipinski definition) is 4. The van der Waals surface area contributed by atoms with Crippen molar-refractivity contribution < 1.29 is 19.4 Å². The van der Waals surface area contributed by atoms with Crippen LogP contribution < -0.4 is 4.74 Å². The zero-order chi connectivity index (χ0) is 14.8. The molecule has 1 N–H and O–H groups in total. The van der Waals surface area contributed by atoms with E-state index in [1.54, 1.807) is 17.0 Å². The highest BCUT2D eigenvalue weighted by Gasteiger charge is 2.44. The third-order valence-electron chi connectivity index (χ3n) is 3.96. The smallest absolute Gasteiger partial charge is 0.311 e. The lowest BCUT2D eigenvalue weighted by molar-refractivity contribution is -0.148. The first kappa shape index (κ1) is 14.3. The van der Waals surface area contributed by atoms with Crippen molar-refractivity contribution in [2.24, 2.45) is 5.41 Å². The standard InChI is InChI=1S/C14H18N2O4/c1-3-14(13(18)19)6-7-16(9-14)12(17)10-4-5-11(20-2)15-8-10/h4-5,8H,3,6-7,9H2,1-2H3,(H,18,19). The van der Waals surface area contributed by atoms with Gasteiger partial charge in [-0.15, -0.1) is 0 Å². The van der Waals surface area contributed by atoms with Crippen molar-refractivity contribution in [3.63, 3.8) is 0 Å². The summed E-state index contributed by atoms with van der Waals surface area (Å²) >= 11 is 0. The molecule has 0 saturated carbocycles. The minimum absolute atomic E-state index is 0.184. The lowest BCUT2D eigenvalue weighted by Gasteiger charge is -2.23. The molecule has 1 unspecified atom stereocenters. The summed E-state index contributed by atoms with van der Waals surface area (Å²) < 4.78 is 4.94. The average Bonchev–Trinajstić information content (AvgIpc) is 2.92. The lowest BCUT2D eigenvalue weighted by atomic mass is 9.84. The zero-order valence-corrected chi connectivity index (χ0v) is 11.6. The molecular formula is C14H18N2O4. The van der Waals surface area contributed by atoms with Crippen LogP contribution in [-0.2, 0) is 4.79 Å². The molecule has 1 amide bonds. The maximum absolute atomic E-state index is 12.3. The van der Waals surface area contributed by atoms with Gasteiger partial charge < -0.3 is 14.7 Å². The maximum Gasteiger partial charge on any atom is 0.311 e. The van der Waals surface area contributed by atoms with Gasteiger partial charge in [0.05, 0.1) is 18.1 Å². The molecule has 1 saturated heterocycles. The van der Waals surface area contributed by atoms with Crippen molar-refractivity contribution >= 4 is 11.9 Å². The Hall–Kier alpha value is -2.11. The average molecular weight is 278 g/mol. The number of amides is 1. The third-order valence-corrected chi connectivity index (χ3v) is 3.96. The van der Waals surface area contributed by atoms with Crippen molar-refractivity contribution in [2.75, 3.05) is 20.2 Å². The van der Waals surface area contributed by atoms with E-state index in [9.17, 15) is 14.7 Å². The Bertz CT molecular complexity index is 514. The number of pyridine rings is 1. The molecule has 1 aromatic rings. The number of aromatic nitrogens is 1. The molecule has 6 heteroatoms. The van der Waals surface area contributed by atoms with E-state index in [-0.39, 0.29) is 12.5 Å². The Balaban J connectivity index is 2.12. The van der Waals surface area contributed by atoms with Crippen molar-refractivity contribution in [3.8, 4) is 5.88 Å². The molecule has 108 valence electrons. The summed E-state index contributed by atoms with van der Waals surface area (Å²) in [5.74, 6) is -0.573. The number of ether oxygens (including phenoxy) is 1. The molecule has 1 aromatic heterocycles. The fourth-order valence-electron chi connectivity index (χ4n) is 2.47. The number of carbonyl (C=O) groups excluding carboxylic acids is 1. The fraction of sp³-hybridized carbons (Fsp3) is 0.500. The van der Waals surface area contributed by atoms with Crippen molar-refractivity contribution in [2.45, 2.75) is 19.8 Å². The molecule has 1 fully saturated rings. The molecule has 2 heterocycles. The van der Waals surface area contributed by atoms with E-state index < -0.39 is 11.4 Å². The van der Waals surface area contributed by atoms with E-state index in [4.69, 9.17) is 4.74 Å². The summed E-state index contributed by atoms with van der Waals surface area (Å²) in [4.78, 5) is 29.3. The molecular weight excluding hydrogens is 260 g/mol. The molecule has 0 spiro atoms. The SMILES string of the molecule is CCC1(C(=O)O)CCN(C(=O)c2ccc(OC)nc2)C1. The van der Waals surface area contributed by atoms with Crippen LogP contribution in [0, 0.1) is 5.41 Å². The summed E-state index contributed by atoms with van der Waals surface area (Å²) in [7, 11) is 1.51. The topological polar surface area (TPSA) is 79.7 Å². The van der Waals surface area contributed by atoms with Crippen LogP contribution in [0.15, 0.2) is 18.3 Å². The van der Waals surface area contributed by atoms with Gasteiger partial charge in [0.1, 0.15) is 0 Å². The maximum atomic E-state index is 12.3. The van der Waals surface area contributed by atoms with Crippen LogP contribution in [0.4, 0.5) is 0 Å². The molecule has 1 atom stereocenters. The number of likely N-dealkylation sites (tertiary alicyclic amines) is 1. The quantitative estimate of drug-likeness (QED) is 0.901. The van der Waals surface area contributed by atoms with Crippen LogP contribution in [0.3, 0.4) is 0 Å². The highest BCUT2D eigenvalue weighted by atomic mass is 16.5. The van der Waals surface area contributed by atoms with E-state index in [1.807, 2.05) is 6.92 Å². The second-order valence-corrected chi connectivity index (χ2v) is 5.00. The highest BCUT2D eigenvalue weighted by Crippen LogP contribution is 2.34. The molecule has 0 aromatic carbocycles. The van der Waals surface area contributed by atoms with E-state index in [2.05, 4.69) is 4.98 Å². The van der Waals surface area contributed by atoms with Crippen LogP contribution in [0.5, 0.6) is 5.88 Å².